The summed E-state index contributed by atoms with van der Waals surface area (Å²) in [5.41, 5.74) is 3.84. The van der Waals surface area contributed by atoms with E-state index in [-0.39, 0.29) is 17.5 Å². The summed E-state index contributed by atoms with van der Waals surface area (Å²) in [5.74, 6) is 1.08. The normalized spacial score (nSPS) is 14.5. The van der Waals surface area contributed by atoms with Gasteiger partial charge in [0.25, 0.3) is 11.8 Å². The van der Waals surface area contributed by atoms with Gasteiger partial charge in [-0.25, -0.2) is 0 Å². The first-order valence-electron chi connectivity index (χ1n) is 11.0. The Kier molecular flexibility index (Phi) is 5.98. The fraction of sp³-hybridized carbons (Fsp3) is 0.160. The summed E-state index contributed by atoms with van der Waals surface area (Å²) in [5, 5.41) is 12.1. The summed E-state index contributed by atoms with van der Waals surface area (Å²) in [6.07, 6.45) is 1.39. The van der Waals surface area contributed by atoms with Crippen LogP contribution in [0.2, 0.25) is 0 Å². The molecule has 2 aromatic carbocycles. The molecule has 9 heteroatoms. The van der Waals surface area contributed by atoms with Gasteiger partial charge in [0, 0.05) is 41.8 Å². The van der Waals surface area contributed by atoms with Crippen LogP contribution in [-0.4, -0.2) is 54.6 Å². The number of hydrogen-bond acceptors (Lipinski definition) is 7. The van der Waals surface area contributed by atoms with E-state index in [0.29, 0.717) is 16.9 Å². The molecular formula is C25H23N7O2. The van der Waals surface area contributed by atoms with Crippen LogP contribution in [0.1, 0.15) is 32.0 Å². The number of amides is 2. The van der Waals surface area contributed by atoms with Crippen LogP contribution in [0.25, 0.3) is 0 Å². The van der Waals surface area contributed by atoms with Crippen LogP contribution < -0.4 is 21.3 Å². The largest absolute Gasteiger partial charge is 0.368 e. The number of amidine groups is 2. The van der Waals surface area contributed by atoms with E-state index < -0.39 is 0 Å². The lowest BCUT2D eigenvalue weighted by Gasteiger charge is -2.08. The molecule has 2 amide bonds. The fourth-order valence-corrected chi connectivity index (χ4v) is 3.67. The Hall–Kier alpha value is -4.53. The van der Waals surface area contributed by atoms with E-state index in [1.165, 1.54) is 12.3 Å². The van der Waals surface area contributed by atoms with Crippen LogP contribution in [0.15, 0.2) is 76.8 Å². The number of benzene rings is 2. The molecule has 0 unspecified atom stereocenters. The highest BCUT2D eigenvalue weighted by atomic mass is 16.2. The summed E-state index contributed by atoms with van der Waals surface area (Å²) in [6, 6.07) is 18.0. The Morgan fingerprint density at radius 1 is 0.676 bits per heavy atom. The van der Waals surface area contributed by atoms with Crippen LogP contribution in [0, 0.1) is 0 Å². The molecule has 0 radical (unpaired) electrons. The van der Waals surface area contributed by atoms with Gasteiger partial charge in [-0.15, -0.1) is 0 Å². The van der Waals surface area contributed by atoms with Crippen molar-refractivity contribution in [2.45, 2.75) is 0 Å². The molecule has 3 heterocycles. The molecule has 4 N–H and O–H groups in total. The maximum absolute atomic E-state index is 12.6. The SMILES string of the molecule is O=C(Nc1ccc(C2=NCCN2)cc1)c1ccc(C(=O)Nc2ccc(C3=NCCN3)cc2)nc1. The third kappa shape index (κ3) is 4.78. The molecule has 0 saturated carbocycles. The fourth-order valence-electron chi connectivity index (χ4n) is 3.67. The van der Waals surface area contributed by atoms with Gasteiger partial charge in [-0.3, -0.25) is 24.6 Å². The standard InChI is InChI=1S/C25H23N7O2/c33-24(31-19-6-1-16(2-7-19)22-26-11-12-27-22)18-5-10-21(30-15-18)25(34)32-20-8-3-17(4-9-20)23-28-13-14-29-23/h1-10,15H,11-14H2,(H,26,27)(H,28,29)(H,31,33)(H,32,34). The van der Waals surface area contributed by atoms with Crippen molar-refractivity contribution in [1.82, 2.24) is 15.6 Å². The number of aliphatic imine (C=N–C) groups is 2. The Morgan fingerprint density at radius 3 is 1.65 bits per heavy atom. The van der Waals surface area contributed by atoms with Crippen LogP contribution >= 0.6 is 0 Å². The van der Waals surface area contributed by atoms with Gasteiger partial charge >= 0.3 is 0 Å². The van der Waals surface area contributed by atoms with Gasteiger partial charge in [-0.1, -0.05) is 0 Å². The summed E-state index contributed by atoms with van der Waals surface area (Å²) in [7, 11) is 0. The molecule has 0 spiro atoms. The zero-order valence-electron chi connectivity index (χ0n) is 18.3. The second kappa shape index (κ2) is 9.53. The van der Waals surface area contributed by atoms with Crippen molar-refractivity contribution in [2.75, 3.05) is 36.8 Å². The number of nitrogens with one attached hydrogen (secondary N) is 4. The highest BCUT2D eigenvalue weighted by Gasteiger charge is 2.13. The maximum Gasteiger partial charge on any atom is 0.274 e. The Labute approximate surface area is 196 Å². The summed E-state index contributed by atoms with van der Waals surface area (Å²) in [4.78, 5) is 38.0. The number of aromatic nitrogens is 1. The second-order valence-electron chi connectivity index (χ2n) is 7.81. The summed E-state index contributed by atoms with van der Waals surface area (Å²) < 4.78 is 0. The van der Waals surface area contributed by atoms with Gasteiger partial charge in [0.05, 0.1) is 18.7 Å². The van der Waals surface area contributed by atoms with Crippen molar-refractivity contribution < 1.29 is 9.59 Å². The molecule has 0 aliphatic carbocycles. The van der Waals surface area contributed by atoms with Crippen LogP contribution in [-0.2, 0) is 0 Å². The van der Waals surface area contributed by atoms with E-state index in [1.54, 1.807) is 6.07 Å². The predicted molar refractivity (Wildman–Crippen MR) is 132 cm³/mol. The van der Waals surface area contributed by atoms with Gasteiger partial charge in [-0.05, 0) is 60.7 Å². The van der Waals surface area contributed by atoms with Crippen LogP contribution in [0.5, 0.6) is 0 Å². The van der Waals surface area contributed by atoms with Crippen molar-refractivity contribution in [3.05, 3.63) is 89.2 Å². The summed E-state index contributed by atoms with van der Waals surface area (Å²) in [6.45, 7) is 3.23. The lowest BCUT2D eigenvalue weighted by molar-refractivity contribution is 0.101. The maximum atomic E-state index is 12.6. The minimum absolute atomic E-state index is 0.219. The zero-order valence-corrected chi connectivity index (χ0v) is 18.3. The van der Waals surface area contributed by atoms with E-state index >= 15 is 0 Å². The molecule has 0 saturated heterocycles. The van der Waals surface area contributed by atoms with E-state index in [0.717, 1.165) is 49.0 Å². The van der Waals surface area contributed by atoms with Crippen LogP contribution in [0.4, 0.5) is 11.4 Å². The molecule has 2 aliphatic heterocycles. The molecule has 2 aliphatic rings. The third-order valence-corrected chi connectivity index (χ3v) is 5.44. The van der Waals surface area contributed by atoms with Gasteiger partial charge in [0.1, 0.15) is 17.4 Å². The first-order chi connectivity index (χ1) is 16.7. The van der Waals surface area contributed by atoms with Crippen molar-refractivity contribution in [1.29, 1.82) is 0 Å². The second-order valence-corrected chi connectivity index (χ2v) is 7.81. The van der Waals surface area contributed by atoms with Gasteiger partial charge in [-0.2, -0.15) is 0 Å². The topological polar surface area (TPSA) is 120 Å². The number of hydrogen-bond donors (Lipinski definition) is 4. The molecule has 170 valence electrons. The molecule has 5 rings (SSSR count). The molecule has 0 fully saturated rings. The molecular weight excluding hydrogens is 430 g/mol. The summed E-state index contributed by atoms with van der Waals surface area (Å²) >= 11 is 0. The Bertz CT molecular complexity index is 1160. The van der Waals surface area contributed by atoms with Gasteiger partial charge in [0.15, 0.2) is 0 Å². The quantitative estimate of drug-likeness (QED) is 0.457. The van der Waals surface area contributed by atoms with E-state index in [2.05, 4.69) is 36.2 Å². The van der Waals surface area contributed by atoms with E-state index in [9.17, 15) is 9.59 Å². The monoisotopic (exact) mass is 453 g/mol. The zero-order chi connectivity index (χ0) is 23.3. The van der Waals surface area contributed by atoms with Crippen molar-refractivity contribution in [2.24, 2.45) is 9.98 Å². The highest BCUT2D eigenvalue weighted by molar-refractivity contribution is 6.07. The van der Waals surface area contributed by atoms with Crippen LogP contribution in [0.3, 0.4) is 0 Å². The molecule has 34 heavy (non-hydrogen) atoms. The number of carbonyl (C=O) groups excluding carboxylic acids is 2. The first kappa shape index (κ1) is 21.3. The molecule has 9 nitrogen and oxygen atoms in total. The number of nitrogens with zero attached hydrogens (tertiary/aromatic N) is 3. The lowest BCUT2D eigenvalue weighted by Crippen LogP contribution is -2.19. The minimum Gasteiger partial charge on any atom is -0.368 e. The molecule has 3 aromatic rings. The molecule has 0 bridgehead atoms. The van der Waals surface area contributed by atoms with Gasteiger partial charge < -0.3 is 21.3 Å². The average Bonchev–Trinajstić information content (AvgIpc) is 3.60. The number of anilines is 2. The number of rotatable bonds is 6. The number of carbonyl (C=O) groups is 2. The minimum atomic E-state index is -0.352. The average molecular weight is 454 g/mol. The predicted octanol–water partition coefficient (Wildman–Crippen LogP) is 2.29. The Balaban J connectivity index is 1.18. The van der Waals surface area contributed by atoms with E-state index in [4.69, 9.17) is 0 Å². The first-order valence-corrected chi connectivity index (χ1v) is 11.0. The van der Waals surface area contributed by atoms with Crippen molar-refractivity contribution >= 4 is 34.9 Å². The molecule has 0 atom stereocenters. The number of pyridine rings is 1. The van der Waals surface area contributed by atoms with Crippen molar-refractivity contribution in [3.8, 4) is 0 Å². The van der Waals surface area contributed by atoms with Gasteiger partial charge in [0.2, 0.25) is 0 Å². The molecule has 1 aromatic heterocycles. The third-order valence-electron chi connectivity index (χ3n) is 5.44. The van der Waals surface area contributed by atoms with Crippen molar-refractivity contribution in [3.63, 3.8) is 0 Å². The van der Waals surface area contributed by atoms with E-state index in [1.807, 2.05) is 48.5 Å². The highest BCUT2D eigenvalue weighted by Crippen LogP contribution is 2.14. The smallest absolute Gasteiger partial charge is 0.274 e. The Morgan fingerprint density at radius 2 is 1.21 bits per heavy atom. The lowest BCUT2D eigenvalue weighted by atomic mass is 10.1.